The predicted octanol–water partition coefficient (Wildman–Crippen LogP) is 2.12. The molecule has 1 saturated heterocycles. The van der Waals surface area contributed by atoms with Crippen molar-refractivity contribution in [2.75, 3.05) is 52.0 Å². The Bertz CT molecular complexity index is 1340. The Balaban J connectivity index is 1.45. The van der Waals surface area contributed by atoms with E-state index in [1.807, 2.05) is 41.8 Å². The van der Waals surface area contributed by atoms with Gasteiger partial charge < -0.3 is 25.4 Å². The van der Waals surface area contributed by atoms with E-state index in [4.69, 9.17) is 15.3 Å². The number of rotatable bonds is 8. The van der Waals surface area contributed by atoms with Crippen LogP contribution in [0.2, 0.25) is 0 Å². The van der Waals surface area contributed by atoms with E-state index in [1.54, 1.807) is 6.20 Å². The van der Waals surface area contributed by atoms with Gasteiger partial charge in [0.25, 0.3) is 5.91 Å². The fourth-order valence-electron chi connectivity index (χ4n) is 4.63. The number of pyridine rings is 1. The first-order valence-electron chi connectivity index (χ1n) is 12.3. The minimum absolute atomic E-state index is 0.143. The van der Waals surface area contributed by atoms with Crippen molar-refractivity contribution in [3.63, 3.8) is 0 Å². The molecule has 1 fully saturated rings. The summed E-state index contributed by atoms with van der Waals surface area (Å²) >= 11 is 0. The number of benzene rings is 1. The first kappa shape index (κ1) is 23.9. The van der Waals surface area contributed by atoms with Crippen LogP contribution in [0.3, 0.4) is 0 Å². The van der Waals surface area contributed by atoms with E-state index in [0.717, 1.165) is 44.7 Å². The second kappa shape index (κ2) is 10.4. The molecule has 4 heterocycles. The lowest BCUT2D eigenvalue weighted by Gasteiger charge is -2.32. The fraction of sp³-hybridized carbons (Fsp3) is 0.400. The number of aromatic nitrogens is 5. The quantitative estimate of drug-likeness (QED) is 0.357. The van der Waals surface area contributed by atoms with Gasteiger partial charge in [-0.1, -0.05) is 30.3 Å². The minimum Gasteiger partial charge on any atom is -0.379 e. The van der Waals surface area contributed by atoms with Crippen LogP contribution in [0.1, 0.15) is 23.7 Å². The average Bonchev–Trinajstić information content (AvgIpc) is 3.50. The largest absolute Gasteiger partial charge is 0.379 e. The summed E-state index contributed by atoms with van der Waals surface area (Å²) in [5.74, 6) is 0.447. The van der Waals surface area contributed by atoms with Gasteiger partial charge in [-0.2, -0.15) is 0 Å². The first-order chi connectivity index (χ1) is 17.6. The molecule has 1 aliphatic heterocycles. The lowest BCUT2D eigenvalue weighted by Crippen LogP contribution is -2.45. The molecule has 3 N–H and O–H groups in total. The van der Waals surface area contributed by atoms with E-state index >= 15 is 0 Å². The van der Waals surface area contributed by atoms with Crippen molar-refractivity contribution in [3.8, 4) is 22.8 Å². The topological polar surface area (TPSA) is 131 Å². The molecule has 0 spiro atoms. The summed E-state index contributed by atoms with van der Waals surface area (Å²) < 4.78 is 6.74. The molecule has 0 bridgehead atoms. The summed E-state index contributed by atoms with van der Waals surface area (Å²) in [4.78, 5) is 27.6. The van der Waals surface area contributed by atoms with E-state index in [-0.39, 0.29) is 11.7 Å². The van der Waals surface area contributed by atoms with Gasteiger partial charge in [-0.3, -0.25) is 9.78 Å². The van der Waals surface area contributed by atoms with Gasteiger partial charge in [-0.25, -0.2) is 9.61 Å². The van der Waals surface area contributed by atoms with Crippen molar-refractivity contribution < 1.29 is 9.42 Å². The number of hydrogen-bond donors (Lipinski definition) is 2. The Hall–Kier alpha value is -3.83. The van der Waals surface area contributed by atoms with E-state index in [9.17, 15) is 4.79 Å². The minimum atomic E-state index is -0.183. The number of imidazole rings is 1. The Morgan fingerprint density at radius 1 is 1.11 bits per heavy atom. The highest BCUT2D eigenvalue weighted by Gasteiger charge is 2.25. The number of nitrogens with two attached hydrogens (primary N) is 1. The highest BCUT2D eigenvalue weighted by molar-refractivity contribution is 6.08. The van der Waals surface area contributed by atoms with Crippen LogP contribution in [-0.4, -0.2) is 86.9 Å². The third-order valence-electron chi connectivity index (χ3n) is 6.64. The number of anilines is 1. The van der Waals surface area contributed by atoms with Gasteiger partial charge in [0.05, 0.1) is 16.8 Å². The average molecular weight is 490 g/mol. The lowest BCUT2D eigenvalue weighted by atomic mass is 10.1. The SMILES string of the molecule is CCn1c(-c2nonc2N)nc2c(-c3ccccc3)ncc(C(=O)NCCCN3CCN(C)CC3)c21. The Labute approximate surface area is 209 Å². The molecule has 5 rings (SSSR count). The Morgan fingerprint density at radius 3 is 2.58 bits per heavy atom. The van der Waals surface area contributed by atoms with Crippen molar-refractivity contribution in [1.82, 2.24) is 40.0 Å². The van der Waals surface area contributed by atoms with Crippen LogP contribution in [0, 0.1) is 0 Å². The molecule has 0 saturated carbocycles. The molecule has 0 unspecified atom stereocenters. The second-order valence-corrected chi connectivity index (χ2v) is 9.02. The summed E-state index contributed by atoms with van der Waals surface area (Å²) in [7, 11) is 2.15. The van der Waals surface area contributed by atoms with Gasteiger partial charge >= 0.3 is 0 Å². The molecule has 1 aromatic carbocycles. The number of nitrogen functional groups attached to an aromatic ring is 1. The molecule has 0 radical (unpaired) electrons. The van der Waals surface area contributed by atoms with Crippen molar-refractivity contribution in [2.24, 2.45) is 0 Å². The smallest absolute Gasteiger partial charge is 0.255 e. The monoisotopic (exact) mass is 489 g/mol. The number of likely N-dealkylation sites (N-methyl/N-ethyl adjacent to an activating group) is 1. The molecular weight excluding hydrogens is 458 g/mol. The third kappa shape index (κ3) is 4.67. The van der Waals surface area contributed by atoms with Gasteiger partial charge in [-0.15, -0.1) is 0 Å². The fourth-order valence-corrected chi connectivity index (χ4v) is 4.63. The number of fused-ring (bicyclic) bond motifs is 1. The zero-order valence-corrected chi connectivity index (χ0v) is 20.6. The van der Waals surface area contributed by atoms with E-state index in [2.05, 4.69) is 37.5 Å². The van der Waals surface area contributed by atoms with E-state index < -0.39 is 0 Å². The molecule has 36 heavy (non-hydrogen) atoms. The van der Waals surface area contributed by atoms with E-state index in [1.165, 1.54) is 0 Å². The van der Waals surface area contributed by atoms with Crippen LogP contribution in [0.5, 0.6) is 0 Å². The molecule has 1 aliphatic rings. The Kier molecular flexibility index (Phi) is 6.92. The number of hydrogen-bond acceptors (Lipinski definition) is 9. The summed E-state index contributed by atoms with van der Waals surface area (Å²) in [6.45, 7) is 8.36. The van der Waals surface area contributed by atoms with Gasteiger partial charge in [0.15, 0.2) is 17.3 Å². The number of carbonyl (C=O) groups is 1. The van der Waals surface area contributed by atoms with Gasteiger partial charge in [0.2, 0.25) is 0 Å². The lowest BCUT2D eigenvalue weighted by molar-refractivity contribution is 0.0950. The summed E-state index contributed by atoms with van der Waals surface area (Å²) in [6.07, 6.45) is 2.51. The number of aryl methyl sites for hydroxylation is 1. The number of piperazine rings is 1. The van der Waals surface area contributed by atoms with Crippen molar-refractivity contribution in [2.45, 2.75) is 19.9 Å². The van der Waals surface area contributed by atoms with Crippen LogP contribution in [0.15, 0.2) is 41.2 Å². The van der Waals surface area contributed by atoms with Crippen LogP contribution in [0.25, 0.3) is 33.8 Å². The Morgan fingerprint density at radius 2 is 1.89 bits per heavy atom. The van der Waals surface area contributed by atoms with Gasteiger partial charge in [0.1, 0.15) is 5.52 Å². The van der Waals surface area contributed by atoms with Crippen LogP contribution in [-0.2, 0) is 6.54 Å². The molecule has 1 amide bonds. The normalized spacial score (nSPS) is 14.9. The number of nitrogens with one attached hydrogen (secondary N) is 1. The summed E-state index contributed by atoms with van der Waals surface area (Å²) in [6, 6.07) is 9.78. The molecule has 11 heteroatoms. The molecular formula is C25H31N9O2. The predicted molar refractivity (Wildman–Crippen MR) is 137 cm³/mol. The standard InChI is InChI=1S/C25H31N9O2/c1-3-34-22-18(25(35)27-10-7-11-33-14-12-32(2)13-15-33)16-28-19(17-8-5-4-6-9-17)20(22)29-24(34)21-23(26)31-36-30-21/h4-6,8-9,16H,3,7,10-15H2,1-2H3,(H2,26,31)(H,27,35). The summed E-state index contributed by atoms with van der Waals surface area (Å²) in [5.41, 5.74) is 9.66. The number of nitrogens with zero attached hydrogens (tertiary/aromatic N) is 7. The molecule has 3 aromatic heterocycles. The zero-order valence-electron chi connectivity index (χ0n) is 20.6. The molecule has 4 aromatic rings. The molecule has 11 nitrogen and oxygen atoms in total. The van der Waals surface area contributed by atoms with Crippen LogP contribution in [0.4, 0.5) is 5.82 Å². The third-order valence-corrected chi connectivity index (χ3v) is 6.64. The molecule has 188 valence electrons. The van der Waals surface area contributed by atoms with Crippen LogP contribution < -0.4 is 11.1 Å². The van der Waals surface area contributed by atoms with Crippen molar-refractivity contribution in [3.05, 3.63) is 42.1 Å². The zero-order chi connectivity index (χ0) is 25.1. The highest BCUT2D eigenvalue weighted by Crippen LogP contribution is 2.33. The van der Waals surface area contributed by atoms with Gasteiger partial charge in [-0.05, 0) is 37.3 Å². The van der Waals surface area contributed by atoms with Crippen LogP contribution >= 0.6 is 0 Å². The maximum Gasteiger partial charge on any atom is 0.255 e. The second-order valence-electron chi connectivity index (χ2n) is 9.02. The number of carbonyl (C=O) groups excluding carboxylic acids is 1. The van der Waals surface area contributed by atoms with Gasteiger partial charge in [0, 0.05) is 51.0 Å². The highest BCUT2D eigenvalue weighted by atomic mass is 16.6. The van der Waals surface area contributed by atoms with E-state index in [0.29, 0.717) is 46.9 Å². The molecule has 0 aliphatic carbocycles. The molecule has 0 atom stereocenters. The van der Waals surface area contributed by atoms with Crippen molar-refractivity contribution >= 4 is 22.8 Å². The summed E-state index contributed by atoms with van der Waals surface area (Å²) in [5, 5.41) is 10.7. The maximum absolute atomic E-state index is 13.3. The number of amides is 1. The maximum atomic E-state index is 13.3. The van der Waals surface area contributed by atoms with Crippen molar-refractivity contribution in [1.29, 1.82) is 0 Å². The first-order valence-corrected chi connectivity index (χ1v) is 12.3.